The van der Waals surface area contributed by atoms with E-state index < -0.39 is 0 Å². The second-order valence-electron chi connectivity index (χ2n) is 6.06. The fourth-order valence-corrected chi connectivity index (χ4v) is 3.23. The predicted molar refractivity (Wildman–Crippen MR) is 82.4 cm³/mol. The third-order valence-corrected chi connectivity index (χ3v) is 4.30. The summed E-state index contributed by atoms with van der Waals surface area (Å²) in [6.07, 6.45) is 4.24. The quantitative estimate of drug-likeness (QED) is 0.651. The highest BCUT2D eigenvalue weighted by molar-refractivity contribution is 5.86. The standard InChI is InChI=1S/C14H23N7/c1-9(2)11-5-4-6-21(11)8-12-17-13(19-15)10-7-16-20(3)14(10)18-12/h7,9,11H,4-6,8,15H2,1-3H3,(H,17,18,19). The molecule has 1 fully saturated rings. The Labute approximate surface area is 124 Å². The lowest BCUT2D eigenvalue weighted by Crippen LogP contribution is -2.33. The minimum absolute atomic E-state index is 0.616. The van der Waals surface area contributed by atoms with E-state index >= 15 is 0 Å². The molecule has 0 amide bonds. The van der Waals surface area contributed by atoms with Crippen LogP contribution in [0.2, 0.25) is 0 Å². The summed E-state index contributed by atoms with van der Waals surface area (Å²) >= 11 is 0. The van der Waals surface area contributed by atoms with Gasteiger partial charge in [-0.1, -0.05) is 13.8 Å². The van der Waals surface area contributed by atoms with Crippen LogP contribution in [0.15, 0.2) is 6.20 Å². The van der Waals surface area contributed by atoms with Crippen molar-refractivity contribution >= 4 is 16.9 Å². The molecule has 1 atom stereocenters. The topological polar surface area (TPSA) is 84.9 Å². The number of hydrogen-bond donors (Lipinski definition) is 2. The molecule has 0 bridgehead atoms. The Balaban J connectivity index is 1.91. The van der Waals surface area contributed by atoms with Crippen molar-refractivity contribution in [3.8, 4) is 0 Å². The third kappa shape index (κ3) is 2.58. The van der Waals surface area contributed by atoms with Crippen LogP contribution >= 0.6 is 0 Å². The first-order valence-electron chi connectivity index (χ1n) is 7.49. The van der Waals surface area contributed by atoms with Gasteiger partial charge in [0.2, 0.25) is 0 Å². The molecule has 21 heavy (non-hydrogen) atoms. The van der Waals surface area contributed by atoms with Gasteiger partial charge in [0.25, 0.3) is 0 Å². The Morgan fingerprint density at radius 2 is 2.24 bits per heavy atom. The molecule has 0 aliphatic carbocycles. The average molecular weight is 289 g/mol. The number of nitrogens with one attached hydrogen (secondary N) is 1. The number of nitrogens with two attached hydrogens (primary N) is 1. The molecule has 114 valence electrons. The van der Waals surface area contributed by atoms with E-state index in [0.717, 1.165) is 29.9 Å². The number of aromatic nitrogens is 4. The smallest absolute Gasteiger partial charge is 0.163 e. The molecule has 3 rings (SSSR count). The number of fused-ring (bicyclic) bond motifs is 1. The van der Waals surface area contributed by atoms with Crippen molar-refractivity contribution in [3.63, 3.8) is 0 Å². The molecule has 7 heteroatoms. The largest absolute Gasteiger partial charge is 0.308 e. The van der Waals surface area contributed by atoms with Gasteiger partial charge in [-0.2, -0.15) is 5.10 Å². The number of rotatable bonds is 4. The molecule has 2 aromatic rings. The number of anilines is 1. The lowest BCUT2D eigenvalue weighted by Gasteiger charge is -2.26. The summed E-state index contributed by atoms with van der Waals surface area (Å²) in [5.74, 6) is 7.68. The normalized spacial score (nSPS) is 19.8. The van der Waals surface area contributed by atoms with Gasteiger partial charge >= 0.3 is 0 Å². The number of hydrazine groups is 1. The Bertz CT molecular complexity index is 634. The summed E-state index contributed by atoms with van der Waals surface area (Å²) < 4.78 is 1.76. The zero-order valence-corrected chi connectivity index (χ0v) is 12.9. The van der Waals surface area contributed by atoms with E-state index in [4.69, 9.17) is 5.84 Å². The van der Waals surface area contributed by atoms with Crippen LogP contribution in [0.1, 0.15) is 32.5 Å². The summed E-state index contributed by atoms with van der Waals surface area (Å²) in [6, 6.07) is 0.616. The number of nitrogen functional groups attached to an aromatic ring is 1. The highest BCUT2D eigenvalue weighted by atomic mass is 15.3. The van der Waals surface area contributed by atoms with E-state index in [-0.39, 0.29) is 0 Å². The van der Waals surface area contributed by atoms with Crippen LogP contribution < -0.4 is 11.3 Å². The van der Waals surface area contributed by atoms with Gasteiger partial charge < -0.3 is 5.43 Å². The monoisotopic (exact) mass is 289 g/mol. The molecule has 3 heterocycles. The molecule has 0 spiro atoms. The first-order chi connectivity index (χ1) is 10.1. The molecule has 0 saturated carbocycles. The maximum Gasteiger partial charge on any atom is 0.163 e. The molecular weight excluding hydrogens is 266 g/mol. The summed E-state index contributed by atoms with van der Waals surface area (Å²) in [6.45, 7) is 6.43. The number of aryl methyl sites for hydroxylation is 1. The van der Waals surface area contributed by atoms with Crippen LogP contribution in [0.5, 0.6) is 0 Å². The van der Waals surface area contributed by atoms with E-state index in [2.05, 4.69) is 39.2 Å². The Morgan fingerprint density at radius 1 is 1.43 bits per heavy atom. The molecule has 7 nitrogen and oxygen atoms in total. The summed E-state index contributed by atoms with van der Waals surface area (Å²) in [4.78, 5) is 11.7. The summed E-state index contributed by atoms with van der Waals surface area (Å²) in [5, 5.41) is 5.08. The minimum Gasteiger partial charge on any atom is -0.308 e. The van der Waals surface area contributed by atoms with Crippen LogP contribution in [-0.4, -0.2) is 37.2 Å². The van der Waals surface area contributed by atoms with Crippen molar-refractivity contribution in [3.05, 3.63) is 12.0 Å². The van der Waals surface area contributed by atoms with E-state index in [1.807, 2.05) is 7.05 Å². The molecule has 1 aliphatic heterocycles. The van der Waals surface area contributed by atoms with Gasteiger partial charge in [-0.25, -0.2) is 15.8 Å². The Morgan fingerprint density at radius 3 is 2.95 bits per heavy atom. The highest BCUT2D eigenvalue weighted by Crippen LogP contribution is 2.26. The molecule has 0 radical (unpaired) electrons. The van der Waals surface area contributed by atoms with Gasteiger partial charge in [-0.3, -0.25) is 9.58 Å². The van der Waals surface area contributed by atoms with Crippen LogP contribution in [0, 0.1) is 5.92 Å². The van der Waals surface area contributed by atoms with Crippen molar-refractivity contribution in [2.24, 2.45) is 18.8 Å². The van der Waals surface area contributed by atoms with Gasteiger partial charge in [0.15, 0.2) is 11.5 Å². The fraction of sp³-hybridized carbons (Fsp3) is 0.643. The van der Waals surface area contributed by atoms with Crippen molar-refractivity contribution < 1.29 is 0 Å². The predicted octanol–water partition coefficient (Wildman–Crippen LogP) is 1.27. The van der Waals surface area contributed by atoms with Crippen LogP contribution in [0.25, 0.3) is 11.0 Å². The average Bonchev–Trinajstić information content (AvgIpc) is 3.06. The molecule has 1 aliphatic rings. The number of nitrogens with zero attached hydrogens (tertiary/aromatic N) is 5. The molecule has 2 aromatic heterocycles. The fourth-order valence-electron chi connectivity index (χ4n) is 3.23. The summed E-state index contributed by atoms with van der Waals surface area (Å²) in [7, 11) is 1.88. The van der Waals surface area contributed by atoms with Gasteiger partial charge in [0.05, 0.1) is 18.1 Å². The van der Waals surface area contributed by atoms with Crippen LogP contribution in [0.3, 0.4) is 0 Å². The first-order valence-corrected chi connectivity index (χ1v) is 7.49. The van der Waals surface area contributed by atoms with Crippen LogP contribution in [-0.2, 0) is 13.6 Å². The number of hydrogen-bond acceptors (Lipinski definition) is 6. The van der Waals surface area contributed by atoms with E-state index in [1.54, 1.807) is 10.9 Å². The second-order valence-corrected chi connectivity index (χ2v) is 6.06. The van der Waals surface area contributed by atoms with Gasteiger partial charge in [0.1, 0.15) is 5.82 Å². The summed E-state index contributed by atoms with van der Waals surface area (Å²) in [5.41, 5.74) is 3.47. The van der Waals surface area contributed by atoms with Crippen molar-refractivity contribution in [1.29, 1.82) is 0 Å². The van der Waals surface area contributed by atoms with E-state index in [0.29, 0.717) is 17.8 Å². The van der Waals surface area contributed by atoms with Gasteiger partial charge in [-0.15, -0.1) is 0 Å². The zero-order valence-electron chi connectivity index (χ0n) is 12.9. The van der Waals surface area contributed by atoms with Crippen molar-refractivity contribution in [2.75, 3.05) is 12.0 Å². The van der Waals surface area contributed by atoms with Gasteiger partial charge in [0, 0.05) is 13.1 Å². The second kappa shape index (κ2) is 5.57. The lowest BCUT2D eigenvalue weighted by atomic mass is 10.0. The Hall–Kier alpha value is -1.73. The molecule has 1 unspecified atom stereocenters. The molecule has 0 aromatic carbocycles. The van der Waals surface area contributed by atoms with E-state index in [1.165, 1.54) is 12.8 Å². The minimum atomic E-state index is 0.616. The zero-order chi connectivity index (χ0) is 15.0. The van der Waals surface area contributed by atoms with Crippen LogP contribution in [0.4, 0.5) is 5.82 Å². The van der Waals surface area contributed by atoms with Crippen molar-refractivity contribution in [1.82, 2.24) is 24.6 Å². The number of likely N-dealkylation sites (tertiary alicyclic amines) is 1. The Kier molecular flexibility index (Phi) is 3.77. The van der Waals surface area contributed by atoms with E-state index in [9.17, 15) is 0 Å². The third-order valence-electron chi connectivity index (χ3n) is 4.30. The van der Waals surface area contributed by atoms with Gasteiger partial charge in [-0.05, 0) is 25.3 Å². The molecule has 1 saturated heterocycles. The maximum absolute atomic E-state index is 5.59. The van der Waals surface area contributed by atoms with Crippen molar-refractivity contribution in [2.45, 2.75) is 39.3 Å². The highest BCUT2D eigenvalue weighted by Gasteiger charge is 2.27. The molecular formula is C14H23N7. The SMILES string of the molecule is CC(C)C1CCCN1Cc1nc(NN)c2cnn(C)c2n1. The first kappa shape index (κ1) is 14.2. The maximum atomic E-state index is 5.59. The molecule has 3 N–H and O–H groups in total. The lowest BCUT2D eigenvalue weighted by molar-refractivity contribution is 0.194.